The number of ketones is 1. The van der Waals surface area contributed by atoms with Crippen LogP contribution in [0.15, 0.2) is 70.5 Å². The molecule has 0 spiro atoms. The van der Waals surface area contributed by atoms with Crippen molar-refractivity contribution in [1.29, 1.82) is 0 Å². The first-order valence-electron chi connectivity index (χ1n) is 7.57. The molecular formula is C20H12BrClO3S. The fourth-order valence-electron chi connectivity index (χ4n) is 2.20. The number of rotatable bonds is 5. The summed E-state index contributed by atoms with van der Waals surface area (Å²) >= 11 is 10.9. The fourth-order valence-corrected chi connectivity index (χ4v) is 3.44. The second-order valence-corrected chi connectivity index (χ2v) is 7.49. The van der Waals surface area contributed by atoms with E-state index in [9.17, 15) is 9.59 Å². The Morgan fingerprint density at radius 2 is 1.85 bits per heavy atom. The summed E-state index contributed by atoms with van der Waals surface area (Å²) in [5, 5.41) is 2.31. The van der Waals surface area contributed by atoms with Crippen molar-refractivity contribution in [2.75, 3.05) is 0 Å². The molecule has 3 nitrogen and oxygen atoms in total. The zero-order valence-electron chi connectivity index (χ0n) is 13.3. The number of carbonyl (C=O) groups excluding carboxylic acids is 2. The van der Waals surface area contributed by atoms with E-state index in [0.29, 0.717) is 15.1 Å². The lowest BCUT2D eigenvalue weighted by Gasteiger charge is -2.09. The lowest BCUT2D eigenvalue weighted by atomic mass is 10.1. The summed E-state index contributed by atoms with van der Waals surface area (Å²) in [5.41, 5.74) is 0.598. The molecule has 1 aromatic heterocycles. The van der Waals surface area contributed by atoms with Gasteiger partial charge in [-0.3, -0.25) is 4.79 Å². The van der Waals surface area contributed by atoms with Gasteiger partial charge in [0.05, 0.1) is 11.1 Å². The fraction of sp³-hybridized carbons (Fsp3) is 0. The molecular weight excluding hydrogens is 436 g/mol. The van der Waals surface area contributed by atoms with Gasteiger partial charge < -0.3 is 4.74 Å². The SMILES string of the molecule is O=C(Oc1ccc(Cl)cc1C(=O)/C=C/c1cccs1)c1ccccc1Br. The molecule has 0 saturated carbocycles. The molecule has 0 N–H and O–H groups in total. The maximum Gasteiger partial charge on any atom is 0.344 e. The molecule has 6 heteroatoms. The molecule has 0 unspecified atom stereocenters. The summed E-state index contributed by atoms with van der Waals surface area (Å²) in [7, 11) is 0. The molecule has 0 aliphatic carbocycles. The molecule has 2 aromatic carbocycles. The van der Waals surface area contributed by atoms with Gasteiger partial charge in [-0.15, -0.1) is 11.3 Å². The van der Waals surface area contributed by atoms with Gasteiger partial charge in [0.25, 0.3) is 0 Å². The van der Waals surface area contributed by atoms with E-state index in [1.807, 2.05) is 17.5 Å². The average molecular weight is 448 g/mol. The predicted octanol–water partition coefficient (Wildman–Crippen LogP) is 6.28. The van der Waals surface area contributed by atoms with E-state index in [1.165, 1.54) is 29.5 Å². The van der Waals surface area contributed by atoms with Crippen LogP contribution in [0.5, 0.6) is 5.75 Å². The average Bonchev–Trinajstić information content (AvgIpc) is 3.15. The minimum Gasteiger partial charge on any atom is -0.422 e. The predicted molar refractivity (Wildman–Crippen MR) is 108 cm³/mol. The maximum atomic E-state index is 12.6. The lowest BCUT2D eigenvalue weighted by Crippen LogP contribution is -2.11. The Bertz CT molecular complexity index is 980. The van der Waals surface area contributed by atoms with Gasteiger partial charge in [0.2, 0.25) is 0 Å². The highest BCUT2D eigenvalue weighted by Crippen LogP contribution is 2.26. The number of ether oxygens (including phenoxy) is 1. The third-order valence-corrected chi connectivity index (χ3v) is 5.21. The van der Waals surface area contributed by atoms with Gasteiger partial charge in [0.1, 0.15) is 5.75 Å². The second kappa shape index (κ2) is 8.45. The number of halogens is 2. The summed E-state index contributed by atoms with van der Waals surface area (Å²) in [6.07, 6.45) is 3.15. The second-order valence-electron chi connectivity index (χ2n) is 5.22. The molecule has 0 aliphatic rings. The first kappa shape index (κ1) is 18.6. The van der Waals surface area contributed by atoms with Crippen molar-refractivity contribution in [1.82, 2.24) is 0 Å². The van der Waals surface area contributed by atoms with E-state index in [1.54, 1.807) is 36.4 Å². The van der Waals surface area contributed by atoms with Gasteiger partial charge in [-0.25, -0.2) is 4.79 Å². The Labute approximate surface area is 168 Å². The van der Waals surface area contributed by atoms with E-state index >= 15 is 0 Å². The molecule has 0 bridgehead atoms. The van der Waals surface area contributed by atoms with Gasteiger partial charge in [0.15, 0.2) is 5.78 Å². The van der Waals surface area contributed by atoms with Gasteiger partial charge in [-0.05, 0) is 69.9 Å². The lowest BCUT2D eigenvalue weighted by molar-refractivity contribution is 0.0732. The largest absolute Gasteiger partial charge is 0.422 e. The van der Waals surface area contributed by atoms with Crippen LogP contribution in [0.1, 0.15) is 25.6 Å². The highest BCUT2D eigenvalue weighted by molar-refractivity contribution is 9.10. The molecule has 0 fully saturated rings. The van der Waals surface area contributed by atoms with Crippen LogP contribution in [0.3, 0.4) is 0 Å². The van der Waals surface area contributed by atoms with E-state index < -0.39 is 5.97 Å². The first-order chi connectivity index (χ1) is 12.5. The van der Waals surface area contributed by atoms with Crippen LogP contribution in [-0.2, 0) is 0 Å². The van der Waals surface area contributed by atoms with Crippen LogP contribution in [-0.4, -0.2) is 11.8 Å². The van der Waals surface area contributed by atoms with Crippen LogP contribution in [0.4, 0.5) is 0 Å². The molecule has 0 atom stereocenters. The number of esters is 1. The van der Waals surface area contributed by atoms with Gasteiger partial charge in [0, 0.05) is 14.4 Å². The first-order valence-corrected chi connectivity index (χ1v) is 9.62. The Balaban J connectivity index is 1.87. The molecule has 0 amide bonds. The van der Waals surface area contributed by atoms with Crippen LogP contribution in [0.2, 0.25) is 5.02 Å². The van der Waals surface area contributed by atoms with Crippen molar-refractivity contribution in [2.24, 2.45) is 0 Å². The van der Waals surface area contributed by atoms with E-state index in [-0.39, 0.29) is 17.1 Å². The minimum absolute atomic E-state index is 0.163. The van der Waals surface area contributed by atoms with E-state index in [4.69, 9.17) is 16.3 Å². The van der Waals surface area contributed by atoms with E-state index in [0.717, 1.165) is 4.88 Å². The Kier molecular flexibility index (Phi) is 6.04. The smallest absolute Gasteiger partial charge is 0.344 e. The summed E-state index contributed by atoms with van der Waals surface area (Å²) in [6, 6.07) is 15.3. The highest BCUT2D eigenvalue weighted by Gasteiger charge is 2.17. The summed E-state index contributed by atoms with van der Waals surface area (Å²) in [5.74, 6) is -0.692. The molecule has 0 radical (unpaired) electrons. The number of hydrogen-bond donors (Lipinski definition) is 0. The van der Waals surface area contributed by atoms with Crippen molar-refractivity contribution in [2.45, 2.75) is 0 Å². The Hall–Kier alpha value is -2.21. The quantitative estimate of drug-likeness (QED) is 0.200. The van der Waals surface area contributed by atoms with Crippen LogP contribution in [0, 0.1) is 0 Å². The molecule has 26 heavy (non-hydrogen) atoms. The van der Waals surface area contributed by atoms with Crippen molar-refractivity contribution < 1.29 is 14.3 Å². The molecule has 0 aliphatic heterocycles. The molecule has 3 aromatic rings. The molecule has 0 saturated heterocycles. The zero-order valence-corrected chi connectivity index (χ0v) is 16.5. The third kappa shape index (κ3) is 4.49. The van der Waals surface area contributed by atoms with Crippen molar-refractivity contribution >= 4 is 56.7 Å². The maximum absolute atomic E-state index is 12.6. The number of carbonyl (C=O) groups is 2. The minimum atomic E-state index is -0.559. The van der Waals surface area contributed by atoms with Gasteiger partial charge in [-0.2, -0.15) is 0 Å². The third-order valence-electron chi connectivity index (χ3n) is 3.45. The monoisotopic (exact) mass is 446 g/mol. The van der Waals surface area contributed by atoms with Crippen molar-refractivity contribution in [3.8, 4) is 5.75 Å². The van der Waals surface area contributed by atoms with Gasteiger partial charge >= 0.3 is 5.97 Å². The Morgan fingerprint density at radius 1 is 1.04 bits per heavy atom. The number of thiophene rings is 1. The summed E-state index contributed by atoms with van der Waals surface area (Å²) in [4.78, 5) is 25.9. The molecule has 1 heterocycles. The number of hydrogen-bond acceptors (Lipinski definition) is 4. The molecule has 3 rings (SSSR count). The topological polar surface area (TPSA) is 43.4 Å². The van der Waals surface area contributed by atoms with E-state index in [2.05, 4.69) is 15.9 Å². The van der Waals surface area contributed by atoms with Crippen LogP contribution >= 0.6 is 38.9 Å². The normalized spacial score (nSPS) is 10.8. The Morgan fingerprint density at radius 3 is 2.58 bits per heavy atom. The van der Waals surface area contributed by atoms with Crippen molar-refractivity contribution in [3.05, 3.63) is 91.6 Å². The standard InChI is InChI=1S/C20H12BrClO3S/c21-17-6-2-1-5-15(17)20(24)25-19-10-7-13(22)12-16(19)18(23)9-8-14-4-3-11-26-14/h1-12H/b9-8+. The van der Waals surface area contributed by atoms with Gasteiger partial charge in [-0.1, -0.05) is 29.8 Å². The summed E-state index contributed by atoms with van der Waals surface area (Å²) < 4.78 is 6.06. The highest BCUT2D eigenvalue weighted by atomic mass is 79.9. The van der Waals surface area contributed by atoms with Crippen LogP contribution in [0.25, 0.3) is 6.08 Å². The number of allylic oxidation sites excluding steroid dienone is 1. The number of benzene rings is 2. The molecule has 130 valence electrons. The summed E-state index contributed by atoms with van der Waals surface area (Å²) in [6.45, 7) is 0. The van der Waals surface area contributed by atoms with Crippen molar-refractivity contribution in [3.63, 3.8) is 0 Å². The zero-order chi connectivity index (χ0) is 18.5. The van der Waals surface area contributed by atoms with Crippen LogP contribution < -0.4 is 4.74 Å².